The number of rotatable bonds is 5. The molecule has 0 aliphatic carbocycles. The van der Waals surface area contributed by atoms with Gasteiger partial charge in [0.05, 0.1) is 7.11 Å². The first-order valence-corrected chi connectivity index (χ1v) is 7.11. The van der Waals surface area contributed by atoms with Gasteiger partial charge in [-0.25, -0.2) is 9.78 Å². The number of methoxy groups -OCH3 is 1. The zero-order chi connectivity index (χ0) is 14.6. The molecule has 0 aromatic carbocycles. The average molecular weight is 307 g/mol. The molecule has 2 N–H and O–H groups in total. The molecule has 7 heteroatoms. The molecule has 0 fully saturated rings. The Balaban J connectivity index is 2.89. The van der Waals surface area contributed by atoms with Crippen molar-refractivity contribution < 1.29 is 14.6 Å². The van der Waals surface area contributed by atoms with Crippen LogP contribution < -0.4 is 5.32 Å². The Kier molecular flexibility index (Phi) is 5.58. The highest BCUT2D eigenvalue weighted by Crippen LogP contribution is 2.31. The normalized spacial score (nSPS) is 13.2. The van der Waals surface area contributed by atoms with Gasteiger partial charge in [0, 0.05) is 12.6 Å². The molecule has 0 spiro atoms. The molecule has 0 saturated carbocycles. The van der Waals surface area contributed by atoms with Crippen LogP contribution in [0.15, 0.2) is 0 Å². The fraction of sp³-hybridized carbons (Fsp3) is 0.667. The van der Waals surface area contributed by atoms with E-state index in [1.807, 2.05) is 0 Å². The van der Waals surface area contributed by atoms with Crippen LogP contribution in [0.1, 0.15) is 36.9 Å². The molecule has 1 aromatic heterocycles. The van der Waals surface area contributed by atoms with Gasteiger partial charge >= 0.3 is 5.97 Å². The van der Waals surface area contributed by atoms with Crippen molar-refractivity contribution in [2.75, 3.05) is 19.0 Å². The van der Waals surface area contributed by atoms with Gasteiger partial charge in [0.1, 0.15) is 0 Å². The Morgan fingerprint density at radius 3 is 2.68 bits per heavy atom. The predicted molar refractivity (Wildman–Crippen MR) is 77.0 cm³/mol. The topological polar surface area (TPSA) is 71.5 Å². The fourth-order valence-corrected chi connectivity index (χ4v) is 2.74. The quantitative estimate of drug-likeness (QED) is 0.819. The maximum atomic E-state index is 11.5. The van der Waals surface area contributed by atoms with Gasteiger partial charge in [-0.05, 0) is 11.8 Å². The van der Waals surface area contributed by atoms with Crippen molar-refractivity contribution in [3.05, 3.63) is 10.0 Å². The van der Waals surface area contributed by atoms with E-state index in [1.165, 1.54) is 7.11 Å². The van der Waals surface area contributed by atoms with Crippen LogP contribution in [0.3, 0.4) is 0 Å². The number of hydrogen-bond donors (Lipinski definition) is 2. The minimum atomic E-state index is -0.495. The largest absolute Gasteiger partial charge is 0.465 e. The zero-order valence-electron chi connectivity index (χ0n) is 11.5. The molecule has 1 unspecified atom stereocenters. The number of carbonyl (C=O) groups is 1. The highest BCUT2D eigenvalue weighted by atomic mass is 35.5. The fourth-order valence-electron chi connectivity index (χ4n) is 1.58. The molecule has 0 bridgehead atoms. The van der Waals surface area contributed by atoms with E-state index in [-0.39, 0.29) is 28.1 Å². The number of esters is 1. The highest BCUT2D eigenvalue weighted by Gasteiger charge is 2.26. The minimum Gasteiger partial charge on any atom is -0.465 e. The van der Waals surface area contributed by atoms with Crippen molar-refractivity contribution >= 4 is 34.0 Å². The van der Waals surface area contributed by atoms with Crippen molar-refractivity contribution in [2.24, 2.45) is 5.41 Å². The van der Waals surface area contributed by atoms with Gasteiger partial charge in [-0.15, -0.1) is 0 Å². The van der Waals surface area contributed by atoms with Crippen LogP contribution in [-0.4, -0.2) is 35.8 Å². The van der Waals surface area contributed by atoms with Crippen LogP contribution >= 0.6 is 22.9 Å². The number of carbonyl (C=O) groups excluding carboxylic acids is 1. The van der Waals surface area contributed by atoms with Crippen LogP contribution in [0.2, 0.25) is 5.15 Å². The molecular formula is C12H19ClN2O3S. The molecule has 1 atom stereocenters. The number of thiazole rings is 1. The van der Waals surface area contributed by atoms with Crippen LogP contribution in [0.4, 0.5) is 5.13 Å². The van der Waals surface area contributed by atoms with Crippen LogP contribution in [-0.2, 0) is 4.74 Å². The number of ether oxygens (including phenoxy) is 1. The van der Waals surface area contributed by atoms with Crippen LogP contribution in [0, 0.1) is 5.41 Å². The molecule has 1 heterocycles. The molecule has 1 rings (SSSR count). The second-order valence-corrected chi connectivity index (χ2v) is 6.56. The summed E-state index contributed by atoms with van der Waals surface area (Å²) < 4.78 is 4.63. The van der Waals surface area contributed by atoms with Gasteiger partial charge in [0.2, 0.25) is 0 Å². The molecular weight excluding hydrogens is 288 g/mol. The van der Waals surface area contributed by atoms with E-state index in [4.69, 9.17) is 16.7 Å². The van der Waals surface area contributed by atoms with Gasteiger partial charge in [-0.1, -0.05) is 43.7 Å². The third-order valence-corrected chi connectivity index (χ3v) is 4.07. The van der Waals surface area contributed by atoms with Gasteiger partial charge in [-0.3, -0.25) is 0 Å². The maximum absolute atomic E-state index is 11.5. The molecule has 0 aliphatic rings. The number of aliphatic hydroxyl groups is 1. The lowest BCUT2D eigenvalue weighted by molar-refractivity contribution is 0.0606. The summed E-state index contributed by atoms with van der Waals surface area (Å²) in [6.45, 7) is 6.28. The van der Waals surface area contributed by atoms with E-state index in [1.54, 1.807) is 0 Å². The first-order valence-electron chi connectivity index (χ1n) is 5.91. The second kappa shape index (κ2) is 6.54. The van der Waals surface area contributed by atoms with Gasteiger partial charge in [-0.2, -0.15) is 0 Å². The van der Waals surface area contributed by atoms with Crippen LogP contribution in [0.5, 0.6) is 0 Å². The Morgan fingerprint density at radius 2 is 2.21 bits per heavy atom. The Bertz CT molecular complexity index is 443. The summed E-state index contributed by atoms with van der Waals surface area (Å²) in [4.78, 5) is 15.8. The second-order valence-electron chi connectivity index (χ2n) is 5.21. The molecule has 1 aromatic rings. The zero-order valence-corrected chi connectivity index (χ0v) is 13.1. The number of anilines is 1. The molecule has 0 amide bonds. The molecule has 5 nitrogen and oxygen atoms in total. The Hall–Kier alpha value is -0.850. The monoisotopic (exact) mass is 306 g/mol. The van der Waals surface area contributed by atoms with E-state index in [9.17, 15) is 4.79 Å². The smallest absolute Gasteiger partial charge is 0.351 e. The van der Waals surface area contributed by atoms with E-state index in [0.717, 1.165) is 11.3 Å². The summed E-state index contributed by atoms with van der Waals surface area (Å²) in [6, 6.07) is 0.0326. The van der Waals surface area contributed by atoms with E-state index >= 15 is 0 Å². The maximum Gasteiger partial charge on any atom is 0.351 e. The van der Waals surface area contributed by atoms with Crippen molar-refractivity contribution in [2.45, 2.75) is 33.2 Å². The first-order chi connectivity index (χ1) is 8.79. The number of nitrogens with one attached hydrogen (secondary N) is 1. The molecule has 19 heavy (non-hydrogen) atoms. The third-order valence-electron chi connectivity index (χ3n) is 2.72. The number of aliphatic hydroxyl groups excluding tert-OH is 1. The average Bonchev–Trinajstić information content (AvgIpc) is 2.67. The lowest BCUT2D eigenvalue weighted by Gasteiger charge is -2.30. The van der Waals surface area contributed by atoms with Gasteiger partial charge < -0.3 is 15.2 Å². The Labute approximate surface area is 121 Å². The summed E-state index contributed by atoms with van der Waals surface area (Å²) in [5.41, 5.74) is -0.0493. The summed E-state index contributed by atoms with van der Waals surface area (Å²) in [7, 11) is 1.30. The minimum absolute atomic E-state index is 0.0326. The molecule has 0 saturated heterocycles. The summed E-state index contributed by atoms with van der Waals surface area (Å²) in [5.74, 6) is -0.495. The van der Waals surface area contributed by atoms with Crippen molar-refractivity contribution in [3.8, 4) is 0 Å². The van der Waals surface area contributed by atoms with E-state index in [2.05, 4.69) is 35.8 Å². The Morgan fingerprint density at radius 1 is 1.58 bits per heavy atom. The number of hydrogen-bond acceptors (Lipinski definition) is 6. The SMILES string of the molecule is COC(=O)c1sc(NC(CCO)C(C)(C)C)nc1Cl. The summed E-state index contributed by atoms with van der Waals surface area (Å²) >= 11 is 7.05. The van der Waals surface area contributed by atoms with E-state index in [0.29, 0.717) is 11.6 Å². The van der Waals surface area contributed by atoms with E-state index < -0.39 is 5.97 Å². The molecule has 108 valence electrons. The van der Waals surface area contributed by atoms with Gasteiger partial charge in [0.15, 0.2) is 15.2 Å². The predicted octanol–water partition coefficient (Wildman–Crippen LogP) is 2.79. The summed E-state index contributed by atoms with van der Waals surface area (Å²) in [5, 5.41) is 13.0. The first kappa shape index (κ1) is 16.2. The molecule has 0 aliphatic heterocycles. The lowest BCUT2D eigenvalue weighted by atomic mass is 9.85. The highest BCUT2D eigenvalue weighted by molar-refractivity contribution is 7.18. The van der Waals surface area contributed by atoms with Crippen molar-refractivity contribution in [1.29, 1.82) is 0 Å². The molecule has 0 radical (unpaired) electrons. The number of aromatic nitrogens is 1. The van der Waals surface area contributed by atoms with Crippen LogP contribution in [0.25, 0.3) is 0 Å². The third kappa shape index (κ3) is 4.33. The standard InChI is InChI=1S/C12H19ClN2O3S/c1-12(2,3)7(5-6-16)14-11-15-9(13)8(19-11)10(17)18-4/h7,16H,5-6H2,1-4H3,(H,14,15). The van der Waals surface area contributed by atoms with Crippen molar-refractivity contribution in [1.82, 2.24) is 4.98 Å². The van der Waals surface area contributed by atoms with Gasteiger partial charge in [0.25, 0.3) is 0 Å². The number of halogens is 1. The summed E-state index contributed by atoms with van der Waals surface area (Å²) in [6.07, 6.45) is 0.592. The number of nitrogens with zero attached hydrogens (tertiary/aromatic N) is 1. The lowest BCUT2D eigenvalue weighted by Crippen LogP contribution is -2.34. The van der Waals surface area contributed by atoms with Crippen molar-refractivity contribution in [3.63, 3.8) is 0 Å².